The fourth-order valence-corrected chi connectivity index (χ4v) is 3.71. The molecule has 4 rings (SSSR count). The van der Waals surface area contributed by atoms with Crippen LogP contribution in [0.2, 0.25) is 0 Å². The molecular weight excluding hydrogens is 515 g/mol. The molecule has 39 heavy (non-hydrogen) atoms. The highest BCUT2D eigenvalue weighted by Crippen LogP contribution is 2.38. The van der Waals surface area contributed by atoms with Gasteiger partial charge in [-0.1, -0.05) is 60.7 Å². The van der Waals surface area contributed by atoms with E-state index >= 15 is 0 Å². The van der Waals surface area contributed by atoms with Gasteiger partial charge in [0, 0.05) is 6.07 Å². The molecule has 0 bridgehead atoms. The number of ether oxygens (including phenoxy) is 1. The van der Waals surface area contributed by atoms with Crippen molar-refractivity contribution in [1.29, 1.82) is 0 Å². The number of nitrogens with zero attached hydrogens (tertiary/aromatic N) is 2. The van der Waals surface area contributed by atoms with Gasteiger partial charge < -0.3 is 9.84 Å². The minimum atomic E-state index is -4.74. The number of carbonyl (C=O) groups is 1. The molecule has 0 spiro atoms. The van der Waals surface area contributed by atoms with E-state index in [0.29, 0.717) is 28.8 Å². The van der Waals surface area contributed by atoms with Gasteiger partial charge in [0.05, 0.1) is 16.7 Å². The van der Waals surface area contributed by atoms with Gasteiger partial charge in [0.2, 0.25) is 5.75 Å². The summed E-state index contributed by atoms with van der Waals surface area (Å²) < 4.78 is 44.1. The van der Waals surface area contributed by atoms with E-state index in [1.165, 1.54) is 30.5 Å². The number of hydrazone groups is 1. The molecule has 4 aromatic rings. The van der Waals surface area contributed by atoms with Gasteiger partial charge in [-0.3, -0.25) is 14.9 Å². The highest BCUT2D eigenvalue weighted by molar-refractivity contribution is 5.91. The highest BCUT2D eigenvalue weighted by Gasteiger charge is 2.40. The first-order valence-corrected chi connectivity index (χ1v) is 11.4. The quantitative estimate of drug-likeness (QED) is 0.168. The van der Waals surface area contributed by atoms with Crippen molar-refractivity contribution in [2.45, 2.75) is 11.8 Å². The van der Waals surface area contributed by atoms with Crippen LogP contribution >= 0.6 is 0 Å². The van der Waals surface area contributed by atoms with Crippen LogP contribution in [0.3, 0.4) is 0 Å². The molecule has 11 heteroatoms. The molecule has 0 fully saturated rings. The molecule has 4 aromatic carbocycles. The summed E-state index contributed by atoms with van der Waals surface area (Å²) in [6.07, 6.45) is -3.43. The standard InChI is InChI=1S/C28H20F3N3O5/c29-28(30,31)22-13-16-25(24(17-22)34(37)38)39-23-14-11-19(12-15-23)18-32-33-26(35)27(36,20-7-3-1-4-8-20)21-9-5-2-6-10-21/h1-18,36H,(H,33,35)/b32-18+. The van der Waals surface area contributed by atoms with Crippen molar-refractivity contribution in [2.24, 2.45) is 5.10 Å². The first-order chi connectivity index (χ1) is 18.6. The molecule has 198 valence electrons. The number of alkyl halides is 3. The summed E-state index contributed by atoms with van der Waals surface area (Å²) in [5.74, 6) is -1.02. The number of carbonyl (C=O) groups excluding carboxylic acids is 1. The molecule has 0 unspecified atom stereocenters. The fraction of sp³-hybridized carbons (Fsp3) is 0.0714. The zero-order valence-corrected chi connectivity index (χ0v) is 20.0. The molecule has 1 amide bonds. The number of amides is 1. The zero-order valence-electron chi connectivity index (χ0n) is 20.0. The third-order valence-electron chi connectivity index (χ3n) is 5.68. The molecule has 2 N–H and O–H groups in total. The Hall–Kier alpha value is -5.03. The maximum atomic E-state index is 13.1. The van der Waals surface area contributed by atoms with E-state index in [2.05, 4.69) is 10.5 Å². The number of hydrogen-bond donors (Lipinski definition) is 2. The van der Waals surface area contributed by atoms with Crippen molar-refractivity contribution in [1.82, 2.24) is 5.43 Å². The number of hydrogen-bond acceptors (Lipinski definition) is 6. The van der Waals surface area contributed by atoms with Gasteiger partial charge in [-0.25, -0.2) is 5.43 Å². The Morgan fingerprint density at radius 1 is 0.872 bits per heavy atom. The molecule has 0 aliphatic carbocycles. The number of halogens is 3. The number of nitro groups is 1. The van der Waals surface area contributed by atoms with Gasteiger partial charge in [0.15, 0.2) is 5.60 Å². The lowest BCUT2D eigenvalue weighted by Gasteiger charge is -2.27. The van der Waals surface area contributed by atoms with E-state index in [0.717, 1.165) is 6.07 Å². The largest absolute Gasteiger partial charge is 0.450 e. The Morgan fingerprint density at radius 2 is 1.44 bits per heavy atom. The van der Waals surface area contributed by atoms with E-state index in [1.807, 2.05) is 0 Å². The first-order valence-electron chi connectivity index (χ1n) is 11.4. The predicted octanol–water partition coefficient (Wildman–Crippen LogP) is 5.79. The molecule has 0 heterocycles. The van der Waals surface area contributed by atoms with Crippen LogP contribution in [0.25, 0.3) is 0 Å². The third-order valence-corrected chi connectivity index (χ3v) is 5.68. The lowest BCUT2D eigenvalue weighted by atomic mass is 9.85. The van der Waals surface area contributed by atoms with Crippen LogP contribution in [-0.2, 0) is 16.6 Å². The fourth-order valence-electron chi connectivity index (χ4n) is 3.71. The zero-order chi connectivity index (χ0) is 28.0. The monoisotopic (exact) mass is 535 g/mol. The highest BCUT2D eigenvalue weighted by atomic mass is 19.4. The molecule has 0 saturated carbocycles. The number of rotatable bonds is 8. The van der Waals surface area contributed by atoms with Gasteiger partial charge in [0.1, 0.15) is 5.75 Å². The van der Waals surface area contributed by atoms with Crippen molar-refractivity contribution in [2.75, 3.05) is 0 Å². The second kappa shape index (κ2) is 11.2. The van der Waals surface area contributed by atoms with E-state index in [1.54, 1.807) is 60.7 Å². The van der Waals surface area contributed by atoms with Gasteiger partial charge >= 0.3 is 11.9 Å². The van der Waals surface area contributed by atoms with Crippen LogP contribution < -0.4 is 10.2 Å². The minimum Gasteiger partial charge on any atom is -0.450 e. The molecule has 0 radical (unpaired) electrons. The Labute approximate surface area is 220 Å². The predicted molar refractivity (Wildman–Crippen MR) is 136 cm³/mol. The second-order valence-electron chi connectivity index (χ2n) is 8.25. The maximum Gasteiger partial charge on any atom is 0.416 e. The van der Waals surface area contributed by atoms with Gasteiger partial charge in [-0.05, 0) is 53.1 Å². The van der Waals surface area contributed by atoms with E-state index < -0.39 is 33.9 Å². The van der Waals surface area contributed by atoms with Crippen molar-refractivity contribution in [3.63, 3.8) is 0 Å². The van der Waals surface area contributed by atoms with E-state index in [-0.39, 0.29) is 11.5 Å². The molecule has 0 aliphatic rings. The summed E-state index contributed by atoms with van der Waals surface area (Å²) in [7, 11) is 0. The Morgan fingerprint density at radius 3 is 1.95 bits per heavy atom. The Kier molecular flexibility index (Phi) is 7.73. The molecular formula is C28H20F3N3O5. The van der Waals surface area contributed by atoms with Crippen LogP contribution in [0, 0.1) is 10.1 Å². The van der Waals surface area contributed by atoms with Crippen molar-refractivity contribution >= 4 is 17.8 Å². The van der Waals surface area contributed by atoms with Crippen molar-refractivity contribution < 1.29 is 32.7 Å². The van der Waals surface area contributed by atoms with Crippen molar-refractivity contribution in [3.8, 4) is 11.5 Å². The number of nitro benzene ring substituents is 1. The van der Waals surface area contributed by atoms with E-state index in [9.17, 15) is 33.2 Å². The molecule has 0 aromatic heterocycles. The molecule has 0 saturated heterocycles. The summed E-state index contributed by atoms with van der Waals surface area (Å²) in [6.45, 7) is 0. The summed E-state index contributed by atoms with van der Waals surface area (Å²) in [5, 5.41) is 26.6. The lowest BCUT2D eigenvalue weighted by Crippen LogP contribution is -2.43. The molecule has 0 atom stereocenters. The lowest BCUT2D eigenvalue weighted by molar-refractivity contribution is -0.385. The van der Waals surface area contributed by atoms with Crippen LogP contribution in [0.1, 0.15) is 22.3 Å². The smallest absolute Gasteiger partial charge is 0.416 e. The summed E-state index contributed by atoms with van der Waals surface area (Å²) >= 11 is 0. The van der Waals surface area contributed by atoms with Crippen molar-refractivity contribution in [3.05, 3.63) is 135 Å². The van der Waals surface area contributed by atoms with Crippen LogP contribution in [0.4, 0.5) is 18.9 Å². The van der Waals surface area contributed by atoms with Crippen LogP contribution in [-0.4, -0.2) is 22.2 Å². The maximum absolute atomic E-state index is 13.1. The average molecular weight is 535 g/mol. The average Bonchev–Trinajstić information content (AvgIpc) is 2.94. The molecule has 8 nitrogen and oxygen atoms in total. The number of benzene rings is 4. The summed E-state index contributed by atoms with van der Waals surface area (Å²) in [4.78, 5) is 23.4. The normalized spacial score (nSPS) is 11.8. The first kappa shape index (κ1) is 27.0. The van der Waals surface area contributed by atoms with E-state index in [4.69, 9.17) is 4.74 Å². The summed E-state index contributed by atoms with van der Waals surface area (Å²) in [5.41, 5.74) is -0.467. The second-order valence-corrected chi connectivity index (χ2v) is 8.25. The summed E-state index contributed by atoms with van der Waals surface area (Å²) in [6, 6.07) is 24.7. The topological polar surface area (TPSA) is 114 Å². The number of aliphatic hydroxyl groups is 1. The van der Waals surface area contributed by atoms with Gasteiger partial charge in [-0.2, -0.15) is 18.3 Å². The minimum absolute atomic E-state index is 0.126. The SMILES string of the molecule is O=C(N/N=C/c1ccc(Oc2ccc(C(F)(F)F)cc2[N+](=O)[O-])cc1)C(O)(c1ccccc1)c1ccccc1. The Balaban J connectivity index is 1.48. The third kappa shape index (κ3) is 6.11. The van der Waals surface area contributed by atoms with Crippen LogP contribution in [0.5, 0.6) is 11.5 Å². The van der Waals surface area contributed by atoms with Gasteiger partial charge in [-0.15, -0.1) is 0 Å². The molecule has 0 aliphatic heterocycles. The van der Waals surface area contributed by atoms with Gasteiger partial charge in [0.25, 0.3) is 5.91 Å². The Bertz CT molecular complexity index is 1450. The van der Waals surface area contributed by atoms with Crippen LogP contribution in [0.15, 0.2) is 108 Å². The number of nitrogens with one attached hydrogen (secondary N) is 1.